The number of nitrogens with one attached hydrogen (secondary N) is 1. The molecule has 0 aliphatic rings. The van der Waals surface area contributed by atoms with E-state index in [2.05, 4.69) is 15.1 Å². The summed E-state index contributed by atoms with van der Waals surface area (Å²) in [5.74, 6) is 0.558. The van der Waals surface area contributed by atoms with E-state index in [1.165, 1.54) is 6.07 Å². The molecule has 2 rings (SSSR count). The van der Waals surface area contributed by atoms with Crippen molar-refractivity contribution in [3.05, 3.63) is 34.0 Å². The van der Waals surface area contributed by atoms with Crippen LogP contribution in [-0.4, -0.2) is 26.3 Å². The average molecular weight is 247 g/mol. The number of nitrogens with zero attached hydrogens (tertiary/aromatic N) is 3. The van der Waals surface area contributed by atoms with Crippen molar-refractivity contribution in [2.75, 3.05) is 6.54 Å². The molecule has 6 heteroatoms. The molecule has 0 radical (unpaired) electrons. The maximum Gasteiger partial charge on any atom is 0.251 e. The highest BCUT2D eigenvalue weighted by Crippen LogP contribution is 2.17. The van der Waals surface area contributed by atoms with Crippen LogP contribution < -0.4 is 11.3 Å². The fourth-order valence-electron chi connectivity index (χ4n) is 1.82. The monoisotopic (exact) mass is 247 g/mol. The first-order chi connectivity index (χ1) is 8.63. The zero-order chi connectivity index (χ0) is 13.1. The fraction of sp³-hybridized carbons (Fsp3) is 0.417. The van der Waals surface area contributed by atoms with E-state index in [1.807, 2.05) is 24.7 Å². The molecule has 0 atom stereocenters. The predicted octanol–water partition coefficient (Wildman–Crippen LogP) is 0.463. The van der Waals surface area contributed by atoms with E-state index in [4.69, 9.17) is 5.73 Å². The number of aryl methyl sites for hydroxylation is 2. The zero-order valence-corrected chi connectivity index (χ0v) is 10.6. The summed E-state index contributed by atoms with van der Waals surface area (Å²) < 4.78 is 1.82. The minimum absolute atomic E-state index is 0.160. The smallest absolute Gasteiger partial charge is 0.251 e. The van der Waals surface area contributed by atoms with Crippen molar-refractivity contribution in [1.82, 2.24) is 19.7 Å². The molecule has 0 fully saturated rings. The number of hydrogen-bond donors (Lipinski definition) is 2. The van der Waals surface area contributed by atoms with Gasteiger partial charge in [0.2, 0.25) is 0 Å². The Balaban J connectivity index is 2.49. The van der Waals surface area contributed by atoms with Crippen LogP contribution in [0.15, 0.2) is 17.1 Å². The van der Waals surface area contributed by atoms with Crippen molar-refractivity contribution in [2.45, 2.75) is 26.8 Å². The Bertz CT molecular complexity index is 599. The van der Waals surface area contributed by atoms with Gasteiger partial charge in [0.15, 0.2) is 0 Å². The normalized spacial score (nSPS) is 10.8. The number of H-pyrrole nitrogens is 1. The topological polar surface area (TPSA) is 89.6 Å². The maximum atomic E-state index is 11.6. The second-order valence-electron chi connectivity index (χ2n) is 4.11. The Morgan fingerprint density at radius 2 is 2.28 bits per heavy atom. The van der Waals surface area contributed by atoms with Gasteiger partial charge in [0.1, 0.15) is 5.82 Å². The van der Waals surface area contributed by atoms with Crippen LogP contribution in [0.3, 0.4) is 0 Å². The van der Waals surface area contributed by atoms with Crippen molar-refractivity contribution in [1.29, 1.82) is 0 Å². The van der Waals surface area contributed by atoms with Gasteiger partial charge in [0.25, 0.3) is 5.56 Å². The van der Waals surface area contributed by atoms with Gasteiger partial charge in [-0.15, -0.1) is 0 Å². The van der Waals surface area contributed by atoms with Gasteiger partial charge in [-0.25, -0.2) is 4.98 Å². The van der Waals surface area contributed by atoms with Crippen LogP contribution in [0.2, 0.25) is 0 Å². The molecule has 0 bridgehead atoms. The van der Waals surface area contributed by atoms with Gasteiger partial charge in [-0.05, 0) is 20.4 Å². The highest BCUT2D eigenvalue weighted by Gasteiger charge is 2.10. The summed E-state index contributed by atoms with van der Waals surface area (Å²) in [4.78, 5) is 18.7. The third-order valence-electron chi connectivity index (χ3n) is 2.72. The summed E-state index contributed by atoms with van der Waals surface area (Å²) in [6, 6.07) is 1.48. The number of hydrogen-bond acceptors (Lipinski definition) is 4. The van der Waals surface area contributed by atoms with Crippen molar-refractivity contribution in [3.8, 4) is 11.4 Å². The van der Waals surface area contributed by atoms with E-state index >= 15 is 0 Å². The Morgan fingerprint density at radius 3 is 2.89 bits per heavy atom. The highest BCUT2D eigenvalue weighted by molar-refractivity contribution is 5.56. The molecule has 0 aromatic carbocycles. The molecule has 96 valence electrons. The lowest BCUT2D eigenvalue weighted by Gasteiger charge is -2.02. The summed E-state index contributed by atoms with van der Waals surface area (Å²) in [5, 5.41) is 4.34. The van der Waals surface area contributed by atoms with Crippen LogP contribution in [0.1, 0.15) is 18.3 Å². The minimum Gasteiger partial charge on any atom is -0.330 e. The van der Waals surface area contributed by atoms with Crippen molar-refractivity contribution in [3.63, 3.8) is 0 Å². The number of rotatable bonds is 4. The van der Waals surface area contributed by atoms with Crippen LogP contribution in [0.4, 0.5) is 0 Å². The van der Waals surface area contributed by atoms with Crippen LogP contribution in [0.5, 0.6) is 0 Å². The van der Waals surface area contributed by atoms with Gasteiger partial charge < -0.3 is 10.7 Å². The molecule has 18 heavy (non-hydrogen) atoms. The van der Waals surface area contributed by atoms with Gasteiger partial charge >= 0.3 is 0 Å². The molecule has 0 unspecified atom stereocenters. The van der Waals surface area contributed by atoms with Crippen molar-refractivity contribution < 1.29 is 0 Å². The number of aromatic amines is 1. The molecule has 2 aromatic rings. The molecule has 6 nitrogen and oxygen atoms in total. The van der Waals surface area contributed by atoms with Crippen LogP contribution in [0.25, 0.3) is 11.4 Å². The van der Waals surface area contributed by atoms with Gasteiger partial charge in [0.05, 0.1) is 11.3 Å². The Labute approximate surface area is 105 Å². The molecule has 2 heterocycles. The van der Waals surface area contributed by atoms with E-state index in [0.29, 0.717) is 24.5 Å². The second-order valence-corrected chi connectivity index (χ2v) is 4.11. The third-order valence-corrected chi connectivity index (χ3v) is 2.72. The summed E-state index contributed by atoms with van der Waals surface area (Å²) in [6.07, 6.45) is 2.48. The molecule has 0 saturated carbocycles. The SMILES string of the molecule is CCn1cc(-c2nc(CCN)cc(=O)[nH]2)c(C)n1. The maximum absolute atomic E-state index is 11.6. The van der Waals surface area contributed by atoms with Gasteiger partial charge in [-0.1, -0.05) is 0 Å². The summed E-state index contributed by atoms with van der Waals surface area (Å²) in [6.45, 7) is 5.17. The van der Waals surface area contributed by atoms with E-state index in [9.17, 15) is 4.79 Å². The largest absolute Gasteiger partial charge is 0.330 e. The lowest BCUT2D eigenvalue weighted by Crippen LogP contribution is -2.13. The molecule has 2 aromatic heterocycles. The summed E-state index contributed by atoms with van der Waals surface area (Å²) in [5.41, 5.74) is 7.74. The Kier molecular flexibility index (Phi) is 3.57. The predicted molar refractivity (Wildman–Crippen MR) is 69.2 cm³/mol. The van der Waals surface area contributed by atoms with Crippen LogP contribution >= 0.6 is 0 Å². The van der Waals surface area contributed by atoms with Gasteiger partial charge in [-0.3, -0.25) is 9.48 Å². The van der Waals surface area contributed by atoms with E-state index in [0.717, 1.165) is 17.8 Å². The Hall–Kier alpha value is -1.95. The van der Waals surface area contributed by atoms with E-state index in [1.54, 1.807) is 0 Å². The van der Waals surface area contributed by atoms with Gasteiger partial charge in [0, 0.05) is 30.9 Å². The molecule has 0 aliphatic carbocycles. The Morgan fingerprint density at radius 1 is 1.50 bits per heavy atom. The van der Waals surface area contributed by atoms with Crippen molar-refractivity contribution in [2.24, 2.45) is 5.73 Å². The first-order valence-corrected chi connectivity index (χ1v) is 5.98. The molecular weight excluding hydrogens is 230 g/mol. The van der Waals surface area contributed by atoms with Crippen LogP contribution in [-0.2, 0) is 13.0 Å². The number of aromatic nitrogens is 4. The van der Waals surface area contributed by atoms with Crippen molar-refractivity contribution >= 4 is 0 Å². The number of nitrogens with two attached hydrogens (primary N) is 1. The summed E-state index contributed by atoms with van der Waals surface area (Å²) in [7, 11) is 0. The van der Waals surface area contributed by atoms with E-state index in [-0.39, 0.29) is 5.56 Å². The highest BCUT2D eigenvalue weighted by atomic mass is 16.1. The zero-order valence-electron chi connectivity index (χ0n) is 10.6. The first-order valence-electron chi connectivity index (χ1n) is 5.98. The van der Waals surface area contributed by atoms with Gasteiger partial charge in [-0.2, -0.15) is 5.10 Å². The second kappa shape index (κ2) is 5.14. The minimum atomic E-state index is -0.160. The molecule has 0 spiro atoms. The lowest BCUT2D eigenvalue weighted by atomic mass is 10.2. The van der Waals surface area contributed by atoms with E-state index < -0.39 is 0 Å². The average Bonchev–Trinajstić information content (AvgIpc) is 2.70. The summed E-state index contributed by atoms with van der Waals surface area (Å²) >= 11 is 0. The van der Waals surface area contributed by atoms with Crippen LogP contribution in [0, 0.1) is 6.92 Å². The molecule has 0 aliphatic heterocycles. The molecule has 0 amide bonds. The standard InChI is InChI=1S/C12H17N5O/c1-3-17-7-10(8(2)16-17)12-14-9(4-5-13)6-11(18)15-12/h6-7H,3-5,13H2,1-2H3,(H,14,15,18). The molecule has 3 N–H and O–H groups in total. The first kappa shape index (κ1) is 12.5. The fourth-order valence-corrected chi connectivity index (χ4v) is 1.82. The lowest BCUT2D eigenvalue weighted by molar-refractivity contribution is 0.653. The molecular formula is C12H17N5O. The third kappa shape index (κ3) is 2.48. The molecule has 0 saturated heterocycles. The quantitative estimate of drug-likeness (QED) is 0.821.